The average molecular weight is 459 g/mol. The molecule has 2 heterocycles. The van der Waals surface area contributed by atoms with Crippen molar-refractivity contribution >= 4 is 35.6 Å². The Morgan fingerprint density at radius 1 is 1.13 bits per heavy atom. The van der Waals surface area contributed by atoms with Crippen molar-refractivity contribution in [2.24, 2.45) is 0 Å². The summed E-state index contributed by atoms with van der Waals surface area (Å²) >= 11 is 6.23. The first-order valence-corrected chi connectivity index (χ1v) is 10.8. The maximum absolute atomic E-state index is 13.3. The number of piperidine rings is 1. The first-order valence-electron chi connectivity index (χ1n) is 10.4. The minimum Gasteiger partial charge on any atom is -0.322 e. The number of aromatic nitrogens is 2. The van der Waals surface area contributed by atoms with Crippen LogP contribution in [0.5, 0.6) is 0 Å². The van der Waals surface area contributed by atoms with E-state index in [4.69, 9.17) is 11.6 Å². The second kappa shape index (κ2) is 9.86. The molecule has 0 unspecified atom stereocenters. The van der Waals surface area contributed by atoms with E-state index in [0.717, 1.165) is 48.6 Å². The Bertz CT molecular complexity index is 1090. The number of hydrogen-bond donors (Lipinski definition) is 2. The minimum absolute atomic E-state index is 0. The van der Waals surface area contributed by atoms with E-state index >= 15 is 0 Å². The van der Waals surface area contributed by atoms with E-state index in [-0.39, 0.29) is 24.2 Å². The van der Waals surface area contributed by atoms with Crippen LogP contribution in [0, 0.1) is 20.8 Å². The zero-order chi connectivity index (χ0) is 21.3. The third kappa shape index (κ3) is 4.79. The van der Waals surface area contributed by atoms with E-state index in [9.17, 15) is 4.79 Å². The van der Waals surface area contributed by atoms with E-state index in [2.05, 4.69) is 47.8 Å². The fourth-order valence-electron chi connectivity index (χ4n) is 4.02. The summed E-state index contributed by atoms with van der Waals surface area (Å²) < 4.78 is 1.95. The molecule has 1 aromatic heterocycles. The number of halogens is 2. The fraction of sp³-hybridized carbons (Fsp3) is 0.333. The number of amides is 1. The molecule has 1 saturated heterocycles. The zero-order valence-electron chi connectivity index (χ0n) is 18.0. The maximum atomic E-state index is 13.3. The largest absolute Gasteiger partial charge is 0.322 e. The van der Waals surface area contributed by atoms with Gasteiger partial charge in [-0.25, -0.2) is 4.68 Å². The van der Waals surface area contributed by atoms with Crippen molar-refractivity contribution in [1.82, 2.24) is 15.1 Å². The van der Waals surface area contributed by atoms with Crippen molar-refractivity contribution in [3.05, 3.63) is 75.6 Å². The molecule has 4 rings (SSSR count). The molecule has 1 fully saturated rings. The summed E-state index contributed by atoms with van der Waals surface area (Å²) in [7, 11) is 0. The van der Waals surface area contributed by atoms with Crippen LogP contribution in [0.4, 0.5) is 5.69 Å². The molecule has 0 aliphatic carbocycles. The van der Waals surface area contributed by atoms with Gasteiger partial charge in [0.2, 0.25) is 0 Å². The Morgan fingerprint density at radius 2 is 1.87 bits per heavy atom. The summed E-state index contributed by atoms with van der Waals surface area (Å²) in [6.45, 7) is 7.99. The summed E-state index contributed by atoms with van der Waals surface area (Å²) in [4.78, 5) is 13.3. The molecule has 1 aliphatic heterocycles. The van der Waals surface area contributed by atoms with Crippen molar-refractivity contribution in [2.45, 2.75) is 39.5 Å². The highest BCUT2D eigenvalue weighted by Gasteiger charge is 2.27. The highest BCUT2D eigenvalue weighted by atomic mass is 35.5. The van der Waals surface area contributed by atoms with Crippen LogP contribution in [-0.2, 0) is 0 Å². The topological polar surface area (TPSA) is 59.0 Å². The van der Waals surface area contributed by atoms with Crippen LogP contribution in [0.15, 0.2) is 42.6 Å². The number of aryl methyl sites for hydroxylation is 2. The van der Waals surface area contributed by atoms with Crippen molar-refractivity contribution in [3.63, 3.8) is 0 Å². The molecule has 1 amide bonds. The number of carbonyl (C=O) groups is 1. The highest BCUT2D eigenvalue weighted by Crippen LogP contribution is 2.32. The Kier molecular flexibility index (Phi) is 7.42. The molecule has 0 saturated carbocycles. The van der Waals surface area contributed by atoms with Crippen molar-refractivity contribution in [1.29, 1.82) is 0 Å². The van der Waals surface area contributed by atoms with E-state index in [0.29, 0.717) is 10.6 Å². The minimum atomic E-state index is -0.149. The van der Waals surface area contributed by atoms with Gasteiger partial charge in [-0.05, 0) is 87.7 Å². The number of carbonyl (C=O) groups excluding carboxylic acids is 1. The summed E-state index contributed by atoms with van der Waals surface area (Å²) in [6, 6.07) is 11.9. The number of benzene rings is 2. The molecule has 164 valence electrons. The summed E-state index contributed by atoms with van der Waals surface area (Å²) in [5.74, 6) is 0.126. The molecule has 3 aromatic rings. The van der Waals surface area contributed by atoms with Gasteiger partial charge in [0, 0.05) is 16.6 Å². The number of nitrogens with zero attached hydrogens (tertiary/aromatic N) is 2. The van der Waals surface area contributed by atoms with Gasteiger partial charge in [0.25, 0.3) is 5.91 Å². The van der Waals surface area contributed by atoms with Gasteiger partial charge >= 0.3 is 0 Å². The molecular formula is C24H28Cl2N4O. The number of hydrogen-bond acceptors (Lipinski definition) is 3. The van der Waals surface area contributed by atoms with Crippen molar-refractivity contribution in [3.8, 4) is 5.69 Å². The average Bonchev–Trinajstić information content (AvgIpc) is 3.19. The highest BCUT2D eigenvalue weighted by molar-refractivity contribution is 6.31. The van der Waals surface area contributed by atoms with Crippen LogP contribution >= 0.6 is 24.0 Å². The lowest BCUT2D eigenvalue weighted by Crippen LogP contribution is -2.29. The van der Waals surface area contributed by atoms with Crippen LogP contribution < -0.4 is 10.6 Å². The zero-order valence-corrected chi connectivity index (χ0v) is 19.6. The molecule has 2 N–H and O–H groups in total. The van der Waals surface area contributed by atoms with Crippen molar-refractivity contribution < 1.29 is 4.79 Å². The fourth-order valence-corrected chi connectivity index (χ4v) is 4.19. The van der Waals surface area contributed by atoms with Crippen LogP contribution in [0.2, 0.25) is 5.02 Å². The first kappa shape index (κ1) is 23.3. The summed E-state index contributed by atoms with van der Waals surface area (Å²) in [5, 5.41) is 11.7. The van der Waals surface area contributed by atoms with Crippen LogP contribution in [0.1, 0.15) is 51.5 Å². The number of nitrogens with one attached hydrogen (secondary N) is 2. The standard InChI is InChI=1S/C24H27ClN4O.ClH/c1-15-7-8-19(13-16(15)2)29-23(18-9-11-26-12-10-18)20(14-27-29)24(30)28-22-6-4-5-21(25)17(22)3;/h4-8,13-14,18,26H,9-12H2,1-3H3,(H,28,30);1H. The lowest BCUT2D eigenvalue weighted by atomic mass is 9.91. The maximum Gasteiger partial charge on any atom is 0.259 e. The lowest BCUT2D eigenvalue weighted by Gasteiger charge is -2.25. The smallest absolute Gasteiger partial charge is 0.259 e. The molecule has 31 heavy (non-hydrogen) atoms. The summed E-state index contributed by atoms with van der Waals surface area (Å²) in [5.41, 5.74) is 6.63. The normalized spacial score (nSPS) is 14.2. The van der Waals surface area contributed by atoms with Crippen LogP contribution in [0.3, 0.4) is 0 Å². The second-order valence-electron chi connectivity index (χ2n) is 8.01. The third-order valence-corrected chi connectivity index (χ3v) is 6.44. The van der Waals surface area contributed by atoms with Gasteiger partial charge in [-0.3, -0.25) is 4.79 Å². The van der Waals surface area contributed by atoms with Crippen LogP contribution in [0.25, 0.3) is 5.69 Å². The lowest BCUT2D eigenvalue weighted by molar-refractivity contribution is 0.102. The van der Waals surface area contributed by atoms with Gasteiger partial charge < -0.3 is 10.6 Å². The Hall–Kier alpha value is -2.34. The quantitative estimate of drug-likeness (QED) is 0.535. The van der Waals surface area contributed by atoms with Gasteiger partial charge in [0.15, 0.2) is 0 Å². The Labute approximate surface area is 194 Å². The predicted octanol–water partition coefficient (Wildman–Crippen LogP) is 5.59. The second-order valence-corrected chi connectivity index (χ2v) is 8.42. The van der Waals surface area contributed by atoms with E-state index in [1.807, 2.05) is 29.8 Å². The molecule has 0 atom stereocenters. The first-order chi connectivity index (χ1) is 14.5. The van der Waals surface area contributed by atoms with E-state index in [1.165, 1.54) is 11.1 Å². The number of rotatable bonds is 4. The Morgan fingerprint density at radius 3 is 2.58 bits per heavy atom. The van der Waals surface area contributed by atoms with Gasteiger partial charge in [-0.2, -0.15) is 5.10 Å². The third-order valence-electron chi connectivity index (χ3n) is 6.03. The van der Waals surface area contributed by atoms with Crippen LogP contribution in [-0.4, -0.2) is 28.8 Å². The van der Waals surface area contributed by atoms with Gasteiger partial charge in [-0.1, -0.05) is 23.7 Å². The molecule has 0 bridgehead atoms. The summed E-state index contributed by atoms with van der Waals surface area (Å²) in [6.07, 6.45) is 3.65. The monoisotopic (exact) mass is 458 g/mol. The van der Waals surface area contributed by atoms with Gasteiger partial charge in [0.05, 0.1) is 23.1 Å². The molecule has 1 aliphatic rings. The SMILES string of the molecule is Cc1ccc(-n2ncc(C(=O)Nc3cccc(Cl)c3C)c2C2CCNCC2)cc1C.Cl. The molecule has 0 radical (unpaired) electrons. The van der Waals surface area contributed by atoms with E-state index < -0.39 is 0 Å². The van der Waals surface area contributed by atoms with Gasteiger partial charge in [-0.15, -0.1) is 12.4 Å². The molecular weight excluding hydrogens is 431 g/mol. The molecule has 0 spiro atoms. The number of anilines is 1. The molecule has 5 nitrogen and oxygen atoms in total. The Balaban J connectivity index is 0.00000272. The predicted molar refractivity (Wildman–Crippen MR) is 129 cm³/mol. The van der Waals surface area contributed by atoms with Gasteiger partial charge in [0.1, 0.15) is 0 Å². The van der Waals surface area contributed by atoms with Crippen molar-refractivity contribution in [2.75, 3.05) is 18.4 Å². The molecule has 7 heteroatoms. The van der Waals surface area contributed by atoms with E-state index in [1.54, 1.807) is 6.20 Å². The molecule has 2 aromatic carbocycles.